The number of nitrogens with zero attached hydrogens (tertiary/aromatic N) is 1. The lowest BCUT2D eigenvalue weighted by atomic mass is 10.00. The van der Waals surface area contributed by atoms with Crippen molar-refractivity contribution in [2.45, 2.75) is 13.3 Å². The van der Waals surface area contributed by atoms with Gasteiger partial charge in [0.05, 0.1) is 18.8 Å². The summed E-state index contributed by atoms with van der Waals surface area (Å²) in [6.07, 6.45) is 3.19. The summed E-state index contributed by atoms with van der Waals surface area (Å²) in [5.41, 5.74) is 3.36. The van der Waals surface area contributed by atoms with Gasteiger partial charge in [0.25, 0.3) is 0 Å². The van der Waals surface area contributed by atoms with E-state index in [0.717, 1.165) is 25.2 Å². The van der Waals surface area contributed by atoms with Crippen LogP contribution in [0.3, 0.4) is 0 Å². The molecule has 2 aromatic carbocycles. The fourth-order valence-corrected chi connectivity index (χ4v) is 3.01. The number of anilines is 1. The molecule has 0 radical (unpaired) electrons. The van der Waals surface area contributed by atoms with Gasteiger partial charge in [0, 0.05) is 13.1 Å². The molecule has 25 heavy (non-hydrogen) atoms. The molecule has 1 amide bonds. The van der Waals surface area contributed by atoms with Crippen LogP contribution >= 0.6 is 0 Å². The molecule has 0 unspecified atom stereocenters. The quantitative estimate of drug-likeness (QED) is 0.872. The molecule has 0 aliphatic carbocycles. The van der Waals surface area contributed by atoms with Crippen LogP contribution in [0.2, 0.25) is 0 Å². The largest absolute Gasteiger partial charge is 0.492 e. The maximum atomic E-state index is 12.4. The zero-order valence-electron chi connectivity index (χ0n) is 14.6. The van der Waals surface area contributed by atoms with Crippen molar-refractivity contribution >= 4 is 17.2 Å². The molecule has 1 N–H and O–H groups in total. The highest BCUT2D eigenvalue weighted by Crippen LogP contribution is 2.24. The molecule has 0 fully saturated rings. The molecule has 2 aromatic rings. The highest BCUT2D eigenvalue weighted by molar-refractivity contribution is 5.93. The van der Waals surface area contributed by atoms with E-state index < -0.39 is 0 Å². The summed E-state index contributed by atoms with van der Waals surface area (Å²) >= 11 is 0. The van der Waals surface area contributed by atoms with Gasteiger partial charge < -0.3 is 10.1 Å². The fraction of sp³-hybridized carbons (Fsp3) is 0.286. The normalized spacial score (nSPS) is 14.7. The number of hydrogen-bond donors (Lipinski definition) is 1. The Labute approximate surface area is 149 Å². The molecule has 0 bridgehead atoms. The third-order valence-electron chi connectivity index (χ3n) is 4.27. The molecule has 1 aliphatic heterocycles. The van der Waals surface area contributed by atoms with Crippen LogP contribution in [0, 0.1) is 0 Å². The summed E-state index contributed by atoms with van der Waals surface area (Å²) < 4.78 is 5.55. The molecule has 0 spiro atoms. The maximum Gasteiger partial charge on any atom is 0.238 e. The van der Waals surface area contributed by atoms with Crippen LogP contribution in [0.5, 0.6) is 5.75 Å². The predicted molar refractivity (Wildman–Crippen MR) is 102 cm³/mol. The predicted octanol–water partition coefficient (Wildman–Crippen LogP) is 3.81. The van der Waals surface area contributed by atoms with Gasteiger partial charge in [-0.1, -0.05) is 48.5 Å². The second kappa shape index (κ2) is 8.49. The lowest BCUT2D eigenvalue weighted by Crippen LogP contribution is -2.36. The minimum absolute atomic E-state index is 0.0104. The van der Waals surface area contributed by atoms with Crippen molar-refractivity contribution in [1.82, 2.24) is 4.90 Å². The molecular weight excluding hydrogens is 312 g/mol. The van der Waals surface area contributed by atoms with E-state index in [9.17, 15) is 4.79 Å². The average molecular weight is 336 g/mol. The number of carbonyl (C=O) groups excluding carboxylic acids is 1. The molecule has 1 heterocycles. The monoisotopic (exact) mass is 336 g/mol. The van der Waals surface area contributed by atoms with E-state index in [1.807, 2.05) is 37.3 Å². The van der Waals surface area contributed by atoms with Crippen molar-refractivity contribution in [3.63, 3.8) is 0 Å². The Morgan fingerprint density at radius 3 is 2.60 bits per heavy atom. The first-order valence-corrected chi connectivity index (χ1v) is 8.74. The lowest BCUT2D eigenvalue weighted by molar-refractivity contribution is -0.117. The van der Waals surface area contributed by atoms with Crippen LogP contribution in [-0.4, -0.2) is 37.0 Å². The third-order valence-corrected chi connectivity index (χ3v) is 4.27. The summed E-state index contributed by atoms with van der Waals surface area (Å²) in [7, 11) is 0. The number of nitrogens with one attached hydrogen (secondary N) is 1. The van der Waals surface area contributed by atoms with Gasteiger partial charge in [-0.25, -0.2) is 0 Å². The average Bonchev–Trinajstić information content (AvgIpc) is 2.65. The van der Waals surface area contributed by atoms with Crippen molar-refractivity contribution < 1.29 is 9.53 Å². The summed E-state index contributed by atoms with van der Waals surface area (Å²) in [6, 6.07) is 18.0. The van der Waals surface area contributed by atoms with Crippen molar-refractivity contribution in [3.05, 3.63) is 66.2 Å². The van der Waals surface area contributed by atoms with Crippen LogP contribution < -0.4 is 10.1 Å². The molecule has 4 nitrogen and oxygen atoms in total. The molecule has 1 aliphatic rings. The van der Waals surface area contributed by atoms with E-state index in [1.54, 1.807) is 0 Å². The van der Waals surface area contributed by atoms with Crippen LogP contribution in [0.25, 0.3) is 5.57 Å². The molecule has 3 rings (SSSR count). The van der Waals surface area contributed by atoms with Crippen molar-refractivity contribution in [3.8, 4) is 5.75 Å². The second-order valence-corrected chi connectivity index (χ2v) is 6.06. The molecular formula is C21H24N2O2. The molecule has 0 aromatic heterocycles. The number of amides is 1. The second-order valence-electron chi connectivity index (χ2n) is 6.06. The van der Waals surface area contributed by atoms with Crippen molar-refractivity contribution in [2.24, 2.45) is 0 Å². The van der Waals surface area contributed by atoms with Gasteiger partial charge in [-0.3, -0.25) is 9.69 Å². The highest BCUT2D eigenvalue weighted by atomic mass is 16.5. The van der Waals surface area contributed by atoms with Crippen LogP contribution in [0.1, 0.15) is 18.9 Å². The Bertz CT molecular complexity index is 741. The topological polar surface area (TPSA) is 41.6 Å². The first-order valence-electron chi connectivity index (χ1n) is 8.74. The van der Waals surface area contributed by atoms with E-state index >= 15 is 0 Å². The lowest BCUT2D eigenvalue weighted by Gasteiger charge is -2.26. The van der Waals surface area contributed by atoms with Crippen molar-refractivity contribution in [2.75, 3.05) is 31.6 Å². The Balaban J connectivity index is 1.55. The Morgan fingerprint density at radius 2 is 1.88 bits per heavy atom. The molecule has 0 saturated carbocycles. The number of carbonyl (C=O) groups is 1. The van der Waals surface area contributed by atoms with Crippen LogP contribution in [0.15, 0.2) is 60.7 Å². The number of ether oxygens (including phenoxy) is 1. The number of hydrogen-bond acceptors (Lipinski definition) is 3. The highest BCUT2D eigenvalue weighted by Gasteiger charge is 2.16. The van der Waals surface area contributed by atoms with Crippen LogP contribution in [0.4, 0.5) is 5.69 Å². The first-order chi connectivity index (χ1) is 12.3. The van der Waals surface area contributed by atoms with Crippen molar-refractivity contribution in [1.29, 1.82) is 0 Å². The number of benzene rings is 2. The van der Waals surface area contributed by atoms with E-state index in [1.165, 1.54) is 11.1 Å². The Kier molecular flexibility index (Phi) is 5.86. The van der Waals surface area contributed by atoms with Gasteiger partial charge >= 0.3 is 0 Å². The van der Waals surface area contributed by atoms with E-state index in [2.05, 4.69) is 40.6 Å². The van der Waals surface area contributed by atoms with Gasteiger partial charge in [-0.15, -0.1) is 0 Å². The van der Waals surface area contributed by atoms with Gasteiger partial charge in [-0.05, 0) is 36.6 Å². The standard InChI is InChI=1S/C21H24N2O2/c1-2-25-20-11-7-6-10-19(20)22-21(24)16-23-14-12-18(13-15-23)17-8-4-3-5-9-17/h3-12H,2,13-16H2,1H3,(H,22,24). The Hall–Kier alpha value is -2.59. The molecule has 130 valence electrons. The smallest absolute Gasteiger partial charge is 0.238 e. The fourth-order valence-electron chi connectivity index (χ4n) is 3.01. The molecule has 4 heteroatoms. The number of para-hydroxylation sites is 2. The maximum absolute atomic E-state index is 12.4. The minimum atomic E-state index is -0.0104. The summed E-state index contributed by atoms with van der Waals surface area (Å²) in [4.78, 5) is 14.5. The SMILES string of the molecule is CCOc1ccccc1NC(=O)CN1CC=C(c2ccccc2)CC1. The van der Waals surface area contributed by atoms with Gasteiger partial charge in [0.2, 0.25) is 5.91 Å². The molecule has 0 saturated heterocycles. The Morgan fingerprint density at radius 1 is 1.12 bits per heavy atom. The van der Waals surface area contributed by atoms with Crippen LogP contribution in [-0.2, 0) is 4.79 Å². The minimum Gasteiger partial charge on any atom is -0.492 e. The first kappa shape index (κ1) is 17.2. The van der Waals surface area contributed by atoms with E-state index in [-0.39, 0.29) is 5.91 Å². The van der Waals surface area contributed by atoms with E-state index in [0.29, 0.717) is 18.9 Å². The summed E-state index contributed by atoms with van der Waals surface area (Å²) in [5, 5.41) is 2.96. The number of rotatable bonds is 6. The zero-order valence-corrected chi connectivity index (χ0v) is 14.6. The van der Waals surface area contributed by atoms with Gasteiger partial charge in [0.1, 0.15) is 5.75 Å². The van der Waals surface area contributed by atoms with Gasteiger partial charge in [0.15, 0.2) is 0 Å². The summed E-state index contributed by atoms with van der Waals surface area (Å²) in [5.74, 6) is 0.701. The van der Waals surface area contributed by atoms with E-state index in [4.69, 9.17) is 4.74 Å². The zero-order chi connectivity index (χ0) is 17.5. The molecule has 0 atom stereocenters. The summed E-state index contributed by atoms with van der Waals surface area (Å²) in [6.45, 7) is 4.58. The third kappa shape index (κ3) is 4.70. The van der Waals surface area contributed by atoms with Gasteiger partial charge in [-0.2, -0.15) is 0 Å².